The van der Waals surface area contributed by atoms with Gasteiger partial charge in [0.1, 0.15) is 0 Å². The van der Waals surface area contributed by atoms with Crippen molar-refractivity contribution in [1.82, 2.24) is 4.90 Å². The summed E-state index contributed by atoms with van der Waals surface area (Å²) in [5.74, 6) is 0.601. The zero-order chi connectivity index (χ0) is 18.9. The van der Waals surface area contributed by atoms with Crippen LogP contribution in [-0.4, -0.2) is 61.0 Å². The van der Waals surface area contributed by atoms with E-state index in [9.17, 15) is 9.90 Å². The molecular formula is C21H37NO4. The highest BCUT2D eigenvalue weighted by Gasteiger charge is 2.61. The van der Waals surface area contributed by atoms with Gasteiger partial charge in [-0.3, -0.25) is 9.69 Å². The molecule has 0 amide bonds. The van der Waals surface area contributed by atoms with Crippen molar-refractivity contribution in [2.45, 2.75) is 72.0 Å². The van der Waals surface area contributed by atoms with E-state index < -0.39 is 6.10 Å². The number of hydrogen-bond acceptors (Lipinski definition) is 5. The Morgan fingerprint density at radius 3 is 2.69 bits per heavy atom. The predicted molar refractivity (Wildman–Crippen MR) is 101 cm³/mol. The zero-order valence-corrected chi connectivity index (χ0v) is 17.0. The van der Waals surface area contributed by atoms with Gasteiger partial charge in [-0.2, -0.15) is 0 Å². The molecule has 3 rings (SSSR count). The van der Waals surface area contributed by atoms with Crippen LogP contribution in [0.2, 0.25) is 0 Å². The quantitative estimate of drug-likeness (QED) is 0.701. The third-order valence-electron chi connectivity index (χ3n) is 7.80. The minimum absolute atomic E-state index is 0.0536. The summed E-state index contributed by atoms with van der Waals surface area (Å²) in [5.41, 5.74) is 0.569. The second-order valence-electron chi connectivity index (χ2n) is 9.44. The number of hydrogen-bond donors (Lipinski definition) is 1. The van der Waals surface area contributed by atoms with Crippen LogP contribution in [0.5, 0.6) is 0 Å². The van der Waals surface area contributed by atoms with Gasteiger partial charge in [0.2, 0.25) is 0 Å². The molecule has 1 aliphatic heterocycles. The topological polar surface area (TPSA) is 59.0 Å². The van der Waals surface area contributed by atoms with Crippen molar-refractivity contribution >= 4 is 5.97 Å². The molecule has 1 saturated heterocycles. The number of nitrogens with zero attached hydrogens (tertiary/aromatic N) is 1. The van der Waals surface area contributed by atoms with Crippen molar-refractivity contribution < 1.29 is 19.4 Å². The van der Waals surface area contributed by atoms with E-state index in [1.54, 1.807) is 0 Å². The Hall–Kier alpha value is -0.650. The van der Waals surface area contributed by atoms with E-state index in [1.807, 2.05) is 6.92 Å². The van der Waals surface area contributed by atoms with E-state index in [4.69, 9.17) is 9.47 Å². The van der Waals surface area contributed by atoms with Gasteiger partial charge in [0.05, 0.1) is 31.3 Å². The van der Waals surface area contributed by atoms with Gasteiger partial charge in [-0.15, -0.1) is 0 Å². The van der Waals surface area contributed by atoms with Crippen LogP contribution in [-0.2, 0) is 14.3 Å². The Bertz CT molecular complexity index is 508. The summed E-state index contributed by atoms with van der Waals surface area (Å²) < 4.78 is 11.4. The molecule has 2 saturated carbocycles. The summed E-state index contributed by atoms with van der Waals surface area (Å²) in [6.07, 6.45) is 5.31. The second kappa shape index (κ2) is 7.76. The summed E-state index contributed by atoms with van der Waals surface area (Å²) in [4.78, 5) is 14.1. The molecule has 2 aliphatic carbocycles. The lowest BCUT2D eigenvalue weighted by molar-refractivity contribution is -0.150. The largest absolute Gasteiger partial charge is 0.466 e. The summed E-state index contributed by atoms with van der Waals surface area (Å²) in [6.45, 7) is 12.0. The van der Waals surface area contributed by atoms with E-state index in [-0.39, 0.29) is 23.4 Å². The van der Waals surface area contributed by atoms with Gasteiger partial charge in [-0.05, 0) is 62.3 Å². The maximum absolute atomic E-state index is 12.0. The Morgan fingerprint density at radius 1 is 1.31 bits per heavy atom. The van der Waals surface area contributed by atoms with Crippen molar-refractivity contribution in [3.05, 3.63) is 0 Å². The number of aliphatic hydroxyl groups excluding tert-OH is 1. The number of carbonyl (C=O) groups is 1. The van der Waals surface area contributed by atoms with E-state index >= 15 is 0 Å². The highest BCUT2D eigenvalue weighted by molar-refractivity contribution is 5.72. The van der Waals surface area contributed by atoms with Crippen LogP contribution in [0.25, 0.3) is 0 Å². The monoisotopic (exact) mass is 367 g/mol. The number of ether oxygens (including phenoxy) is 2. The average molecular weight is 368 g/mol. The Labute approximate surface area is 158 Å². The van der Waals surface area contributed by atoms with Gasteiger partial charge in [0.15, 0.2) is 0 Å². The third-order valence-corrected chi connectivity index (χ3v) is 7.80. The third kappa shape index (κ3) is 3.67. The SMILES string of the molecule is CCOC(=O)[C@@H]1CCCN(C[C@H](O)CO[C@H]2C[C@H]3CC[C@@]2(C)C3(C)C)C1. The standard InChI is InChI=1S/C21H37NO4/c1-5-25-19(24)15-7-6-10-22(12-15)13-17(23)14-26-18-11-16-8-9-21(18,4)20(16,2)3/h15-18,23H,5-14H2,1-4H3/t15-,16-,17+,18+,21-/m1/s1. The lowest BCUT2D eigenvalue weighted by atomic mass is 9.70. The number of aliphatic hydroxyl groups is 1. The smallest absolute Gasteiger partial charge is 0.310 e. The lowest BCUT2D eigenvalue weighted by Crippen LogP contribution is -2.45. The highest BCUT2D eigenvalue weighted by Crippen LogP contribution is 2.66. The van der Waals surface area contributed by atoms with Gasteiger partial charge in [0, 0.05) is 13.1 Å². The fraction of sp³-hybridized carbons (Fsp3) is 0.952. The molecule has 1 heterocycles. The van der Waals surface area contributed by atoms with Gasteiger partial charge >= 0.3 is 5.97 Å². The molecule has 0 unspecified atom stereocenters. The molecule has 150 valence electrons. The second-order valence-corrected chi connectivity index (χ2v) is 9.44. The molecule has 0 aromatic carbocycles. The van der Waals surface area contributed by atoms with Crippen LogP contribution in [0.1, 0.15) is 59.8 Å². The normalized spacial score (nSPS) is 37.7. The molecule has 3 aliphatic rings. The molecule has 1 N–H and O–H groups in total. The van der Waals surface area contributed by atoms with Crippen LogP contribution < -0.4 is 0 Å². The molecule has 5 nitrogen and oxygen atoms in total. The first kappa shape index (κ1) is 20.1. The summed E-state index contributed by atoms with van der Waals surface area (Å²) >= 11 is 0. The number of β-amino-alcohol motifs (C(OH)–C–C–N with tert-alkyl or cyclic N) is 1. The highest BCUT2D eigenvalue weighted by atomic mass is 16.5. The minimum atomic E-state index is -0.498. The van der Waals surface area contributed by atoms with Gasteiger partial charge < -0.3 is 14.6 Å². The summed E-state index contributed by atoms with van der Waals surface area (Å²) in [6, 6.07) is 0. The maximum atomic E-state index is 12.0. The van der Waals surface area contributed by atoms with Crippen LogP contribution >= 0.6 is 0 Å². The molecule has 2 bridgehead atoms. The molecular weight excluding hydrogens is 330 g/mol. The molecule has 5 heteroatoms. The first-order chi connectivity index (χ1) is 12.3. The molecule has 0 aromatic heterocycles. The van der Waals surface area contributed by atoms with Crippen LogP contribution in [0.15, 0.2) is 0 Å². The van der Waals surface area contributed by atoms with Gasteiger partial charge in [-0.1, -0.05) is 20.8 Å². The maximum Gasteiger partial charge on any atom is 0.310 e. The van der Waals surface area contributed by atoms with Crippen molar-refractivity contribution in [3.8, 4) is 0 Å². The molecule has 26 heavy (non-hydrogen) atoms. The molecule has 5 atom stereocenters. The fourth-order valence-corrected chi connectivity index (χ4v) is 5.63. The van der Waals surface area contributed by atoms with Crippen molar-refractivity contribution in [3.63, 3.8) is 0 Å². The zero-order valence-electron chi connectivity index (χ0n) is 17.0. The Balaban J connectivity index is 1.45. The molecule has 0 aromatic rings. The van der Waals surface area contributed by atoms with Gasteiger partial charge in [0.25, 0.3) is 0 Å². The minimum Gasteiger partial charge on any atom is -0.466 e. The number of likely N-dealkylation sites (tertiary alicyclic amines) is 1. The van der Waals surface area contributed by atoms with E-state index in [0.717, 1.165) is 31.7 Å². The number of rotatable bonds is 7. The van der Waals surface area contributed by atoms with Crippen LogP contribution in [0.3, 0.4) is 0 Å². The van der Waals surface area contributed by atoms with E-state index in [1.165, 1.54) is 12.8 Å². The van der Waals surface area contributed by atoms with E-state index in [2.05, 4.69) is 25.7 Å². The number of esters is 1. The fourth-order valence-electron chi connectivity index (χ4n) is 5.63. The number of fused-ring (bicyclic) bond motifs is 2. The van der Waals surface area contributed by atoms with Crippen molar-refractivity contribution in [2.24, 2.45) is 22.7 Å². The Morgan fingerprint density at radius 2 is 2.08 bits per heavy atom. The number of carbonyl (C=O) groups excluding carboxylic acids is 1. The Kier molecular flexibility index (Phi) is 6.00. The first-order valence-electron chi connectivity index (χ1n) is 10.5. The molecule has 0 spiro atoms. The molecule has 0 radical (unpaired) electrons. The van der Waals surface area contributed by atoms with Crippen molar-refractivity contribution in [1.29, 1.82) is 0 Å². The summed E-state index contributed by atoms with van der Waals surface area (Å²) in [7, 11) is 0. The van der Waals surface area contributed by atoms with E-state index in [0.29, 0.717) is 31.7 Å². The summed E-state index contributed by atoms with van der Waals surface area (Å²) in [5, 5.41) is 10.5. The van der Waals surface area contributed by atoms with Gasteiger partial charge in [-0.25, -0.2) is 0 Å². The predicted octanol–water partition coefficient (Wildman–Crippen LogP) is 2.85. The lowest BCUT2D eigenvalue weighted by Gasteiger charge is -2.39. The van der Waals surface area contributed by atoms with Crippen molar-refractivity contribution in [2.75, 3.05) is 32.8 Å². The first-order valence-corrected chi connectivity index (χ1v) is 10.5. The average Bonchev–Trinajstić information content (AvgIpc) is 2.93. The molecule has 3 fully saturated rings. The van der Waals surface area contributed by atoms with Crippen LogP contribution in [0, 0.1) is 22.7 Å². The number of piperidine rings is 1. The van der Waals surface area contributed by atoms with Crippen LogP contribution in [0.4, 0.5) is 0 Å².